The van der Waals surface area contributed by atoms with Crippen LogP contribution in [0.3, 0.4) is 0 Å². The summed E-state index contributed by atoms with van der Waals surface area (Å²) in [6.45, 7) is 2.38. The summed E-state index contributed by atoms with van der Waals surface area (Å²) in [7, 11) is 0. The van der Waals surface area contributed by atoms with Crippen molar-refractivity contribution in [3.63, 3.8) is 0 Å². The monoisotopic (exact) mass is 387 g/mol. The van der Waals surface area contributed by atoms with Crippen molar-refractivity contribution in [3.8, 4) is 6.07 Å². The van der Waals surface area contributed by atoms with Crippen molar-refractivity contribution in [3.05, 3.63) is 53.3 Å². The third-order valence-corrected chi connectivity index (χ3v) is 5.23. The Labute approximate surface area is 161 Å². The number of likely N-dealkylation sites (tertiary alicyclic amines) is 1. The number of nitriles is 1. The molecule has 1 atom stereocenters. The summed E-state index contributed by atoms with van der Waals surface area (Å²) in [5.74, 6) is 0.183. The van der Waals surface area contributed by atoms with E-state index in [0.717, 1.165) is 50.5 Å². The second kappa shape index (κ2) is 7.40. The number of aromatic nitrogens is 2. The summed E-state index contributed by atoms with van der Waals surface area (Å²) >= 11 is 0. The number of nitrogens with zero attached hydrogens (tertiary/aromatic N) is 5. The zero-order chi connectivity index (χ0) is 19.7. The van der Waals surface area contributed by atoms with Gasteiger partial charge in [-0.2, -0.15) is 18.4 Å². The Hall–Kier alpha value is -2.66. The average Bonchev–Trinajstić information content (AvgIpc) is 3.41. The zero-order valence-electron chi connectivity index (χ0n) is 15.2. The Bertz CT molecular complexity index is 871. The van der Waals surface area contributed by atoms with Crippen LogP contribution in [0.2, 0.25) is 0 Å². The number of alkyl halides is 3. The predicted molar refractivity (Wildman–Crippen MR) is 97.4 cm³/mol. The first-order valence-electron chi connectivity index (χ1n) is 9.34. The summed E-state index contributed by atoms with van der Waals surface area (Å²) in [6.07, 6.45) is -0.474. The number of benzene rings is 1. The van der Waals surface area contributed by atoms with Crippen molar-refractivity contribution >= 4 is 5.95 Å². The Morgan fingerprint density at radius 1 is 1.11 bits per heavy atom. The summed E-state index contributed by atoms with van der Waals surface area (Å²) < 4.78 is 39.1. The van der Waals surface area contributed by atoms with Crippen molar-refractivity contribution in [2.75, 3.05) is 18.0 Å². The Kier molecular flexibility index (Phi) is 4.94. The third kappa shape index (κ3) is 4.09. The molecule has 1 unspecified atom stereocenters. The maximum atomic E-state index is 13.0. The lowest BCUT2D eigenvalue weighted by atomic mass is 10.1. The molecule has 28 heavy (non-hydrogen) atoms. The molecular weight excluding hydrogens is 367 g/mol. The molecule has 2 aromatic rings. The van der Waals surface area contributed by atoms with Crippen molar-refractivity contribution in [1.29, 1.82) is 5.26 Å². The van der Waals surface area contributed by atoms with Crippen molar-refractivity contribution in [1.82, 2.24) is 14.9 Å². The van der Waals surface area contributed by atoms with E-state index in [-0.39, 0.29) is 18.0 Å². The van der Waals surface area contributed by atoms with Gasteiger partial charge < -0.3 is 4.90 Å². The SMILES string of the molecule is N#Cc1ccc(CN2CCC(N(c3nccc(C(F)(F)F)n3)C3CC3)C2)cc1. The van der Waals surface area contributed by atoms with Crippen LogP contribution in [0.1, 0.15) is 36.1 Å². The molecule has 0 amide bonds. The van der Waals surface area contributed by atoms with Crippen molar-refractivity contribution < 1.29 is 13.2 Å². The Balaban J connectivity index is 1.47. The molecule has 2 heterocycles. The van der Waals surface area contributed by atoms with E-state index in [1.807, 2.05) is 17.0 Å². The molecule has 1 saturated carbocycles. The fourth-order valence-electron chi connectivity index (χ4n) is 3.73. The van der Waals surface area contributed by atoms with E-state index in [1.54, 1.807) is 12.1 Å². The lowest BCUT2D eigenvalue weighted by Crippen LogP contribution is -2.40. The highest BCUT2D eigenvalue weighted by atomic mass is 19.4. The molecule has 1 aromatic heterocycles. The lowest BCUT2D eigenvalue weighted by molar-refractivity contribution is -0.141. The minimum Gasteiger partial charge on any atom is -0.334 e. The predicted octanol–water partition coefficient (Wildman–Crippen LogP) is 3.61. The van der Waals surface area contributed by atoms with E-state index >= 15 is 0 Å². The van der Waals surface area contributed by atoms with Gasteiger partial charge in [0.25, 0.3) is 0 Å². The summed E-state index contributed by atoms with van der Waals surface area (Å²) in [4.78, 5) is 12.3. The highest BCUT2D eigenvalue weighted by Gasteiger charge is 2.40. The second-order valence-corrected chi connectivity index (χ2v) is 7.36. The average molecular weight is 387 g/mol. The Morgan fingerprint density at radius 3 is 2.50 bits per heavy atom. The van der Waals surface area contributed by atoms with E-state index in [0.29, 0.717) is 5.56 Å². The van der Waals surface area contributed by atoms with Crippen LogP contribution in [0.25, 0.3) is 0 Å². The topological polar surface area (TPSA) is 56.1 Å². The third-order valence-electron chi connectivity index (χ3n) is 5.23. The molecule has 1 aliphatic heterocycles. The normalized spacial score (nSPS) is 20.1. The molecule has 5 nitrogen and oxygen atoms in total. The summed E-state index contributed by atoms with van der Waals surface area (Å²) in [5.41, 5.74) is 0.855. The molecule has 1 aliphatic carbocycles. The molecule has 146 valence electrons. The number of anilines is 1. The van der Waals surface area contributed by atoms with Crippen LogP contribution in [0, 0.1) is 11.3 Å². The van der Waals surface area contributed by atoms with Crippen LogP contribution >= 0.6 is 0 Å². The van der Waals surface area contributed by atoms with Crippen molar-refractivity contribution in [2.24, 2.45) is 0 Å². The molecule has 0 N–H and O–H groups in total. The van der Waals surface area contributed by atoms with E-state index in [4.69, 9.17) is 5.26 Å². The molecule has 1 saturated heterocycles. The zero-order valence-corrected chi connectivity index (χ0v) is 15.2. The Morgan fingerprint density at radius 2 is 1.86 bits per heavy atom. The fourth-order valence-corrected chi connectivity index (χ4v) is 3.73. The van der Waals surface area contributed by atoms with Crippen LogP contribution in [0.15, 0.2) is 36.5 Å². The summed E-state index contributed by atoms with van der Waals surface area (Å²) in [6, 6.07) is 10.8. The minimum atomic E-state index is -4.47. The number of hydrogen-bond acceptors (Lipinski definition) is 5. The highest BCUT2D eigenvalue weighted by molar-refractivity contribution is 5.38. The summed E-state index contributed by atoms with van der Waals surface area (Å²) in [5, 5.41) is 8.90. The largest absolute Gasteiger partial charge is 0.433 e. The maximum Gasteiger partial charge on any atom is 0.433 e. The van der Waals surface area contributed by atoms with E-state index in [9.17, 15) is 13.2 Å². The number of rotatable bonds is 5. The molecule has 8 heteroatoms. The molecule has 1 aromatic carbocycles. The van der Waals surface area contributed by atoms with Gasteiger partial charge in [-0.05, 0) is 43.0 Å². The highest BCUT2D eigenvalue weighted by Crippen LogP contribution is 2.36. The number of halogens is 3. The van der Waals surface area contributed by atoms with Gasteiger partial charge >= 0.3 is 6.18 Å². The van der Waals surface area contributed by atoms with Crippen LogP contribution in [0.4, 0.5) is 19.1 Å². The van der Waals surface area contributed by atoms with Gasteiger partial charge in [-0.15, -0.1) is 0 Å². The van der Waals surface area contributed by atoms with E-state index < -0.39 is 11.9 Å². The number of hydrogen-bond donors (Lipinski definition) is 0. The van der Waals surface area contributed by atoms with Gasteiger partial charge in [0, 0.05) is 37.9 Å². The van der Waals surface area contributed by atoms with Gasteiger partial charge in [-0.3, -0.25) is 4.90 Å². The van der Waals surface area contributed by atoms with Gasteiger partial charge in [0.2, 0.25) is 5.95 Å². The quantitative estimate of drug-likeness (QED) is 0.785. The van der Waals surface area contributed by atoms with Crippen LogP contribution in [-0.2, 0) is 12.7 Å². The first kappa shape index (κ1) is 18.7. The van der Waals surface area contributed by atoms with Gasteiger partial charge in [-0.1, -0.05) is 12.1 Å². The molecular formula is C20H20F3N5. The van der Waals surface area contributed by atoms with Gasteiger partial charge in [0.1, 0.15) is 5.69 Å². The van der Waals surface area contributed by atoms with Crippen LogP contribution < -0.4 is 4.90 Å². The fraction of sp³-hybridized carbons (Fsp3) is 0.450. The van der Waals surface area contributed by atoms with Crippen molar-refractivity contribution in [2.45, 2.75) is 44.1 Å². The smallest absolute Gasteiger partial charge is 0.334 e. The van der Waals surface area contributed by atoms with Crippen LogP contribution in [0.5, 0.6) is 0 Å². The lowest BCUT2D eigenvalue weighted by Gasteiger charge is -2.29. The van der Waals surface area contributed by atoms with E-state index in [2.05, 4.69) is 20.9 Å². The van der Waals surface area contributed by atoms with Crippen LogP contribution in [-0.4, -0.2) is 40.0 Å². The molecule has 2 fully saturated rings. The molecule has 0 spiro atoms. The second-order valence-electron chi connectivity index (χ2n) is 7.36. The minimum absolute atomic E-state index is 0.106. The van der Waals surface area contributed by atoms with Gasteiger partial charge in [0.15, 0.2) is 0 Å². The molecule has 0 radical (unpaired) electrons. The molecule has 4 rings (SSSR count). The maximum absolute atomic E-state index is 13.0. The van der Waals surface area contributed by atoms with Gasteiger partial charge in [0.05, 0.1) is 11.6 Å². The van der Waals surface area contributed by atoms with E-state index in [1.165, 1.54) is 6.20 Å². The first-order valence-corrected chi connectivity index (χ1v) is 9.34. The van der Waals surface area contributed by atoms with Gasteiger partial charge in [-0.25, -0.2) is 9.97 Å². The molecule has 2 aliphatic rings. The standard InChI is InChI=1S/C20H20F3N5/c21-20(22,23)18-7-9-25-19(26-18)28(16-5-6-16)17-8-10-27(13-17)12-15-3-1-14(11-24)2-4-15/h1-4,7,9,16-17H,5-6,8,10,12-13H2. The molecule has 0 bridgehead atoms. The first-order chi connectivity index (χ1) is 13.4.